The monoisotopic (exact) mass is 467 g/mol. The van der Waals surface area contributed by atoms with Crippen LogP contribution >= 0.6 is 24.0 Å². The van der Waals surface area contributed by atoms with Gasteiger partial charge in [0.25, 0.3) is 0 Å². The van der Waals surface area contributed by atoms with Crippen LogP contribution in [0.15, 0.2) is 35.9 Å². The van der Waals surface area contributed by atoms with Gasteiger partial charge in [-0.2, -0.15) is 0 Å². The van der Waals surface area contributed by atoms with Crippen molar-refractivity contribution in [1.29, 1.82) is 0 Å². The molecule has 0 radical (unpaired) electrons. The number of alkyl halides is 2. The molecule has 1 heterocycles. The molecule has 0 bridgehead atoms. The predicted molar refractivity (Wildman–Crippen MR) is 87.3 cm³/mol. The van der Waals surface area contributed by atoms with Crippen LogP contribution in [-0.2, 0) is 0 Å². The molecule has 0 saturated heterocycles. The van der Waals surface area contributed by atoms with Crippen LogP contribution in [-0.4, -0.2) is 8.86 Å². The number of halogens is 2. The number of hydrogen-bond acceptors (Lipinski definition) is 0. The fourth-order valence-corrected chi connectivity index (χ4v) is 5.21. The molecule has 0 amide bonds. The molecule has 1 aliphatic carbocycles. The Bertz CT molecular complexity index is 542. The van der Waals surface area contributed by atoms with Gasteiger partial charge in [-0.25, -0.2) is 0 Å². The zero-order chi connectivity index (χ0) is 12.3. The largest absolute Gasteiger partial charge is 0.107 e. The maximum atomic E-state index is 2.48. The van der Waals surface area contributed by atoms with E-state index < -0.39 is 0 Å². The van der Waals surface area contributed by atoms with Gasteiger partial charge in [0.2, 0.25) is 0 Å². The second-order valence-electron chi connectivity index (χ2n) is 4.47. The van der Waals surface area contributed by atoms with Crippen LogP contribution in [0.1, 0.15) is 20.8 Å². The van der Waals surface area contributed by atoms with E-state index in [0.717, 1.165) is 0 Å². The third kappa shape index (κ3) is 3.18. The van der Waals surface area contributed by atoms with E-state index in [9.17, 15) is 0 Å². The first-order chi connectivity index (χ1) is 8.28. The van der Waals surface area contributed by atoms with E-state index in [0.29, 0.717) is 26.6 Å². The summed E-state index contributed by atoms with van der Waals surface area (Å²) in [6.45, 7) is 6.39. The van der Waals surface area contributed by atoms with Crippen molar-refractivity contribution in [2.45, 2.75) is 20.8 Å². The van der Waals surface area contributed by atoms with Crippen LogP contribution in [0.4, 0.5) is 0 Å². The van der Waals surface area contributed by atoms with E-state index in [-0.39, 0.29) is 24.0 Å². The average Bonchev–Trinajstić information content (AvgIpc) is 2.38. The minimum absolute atomic E-state index is 0. The van der Waals surface area contributed by atoms with Gasteiger partial charge >= 0.3 is 101 Å². The number of rotatable bonds is 0. The topological polar surface area (TPSA) is 0 Å². The molecule has 1 aromatic carbocycles. The van der Waals surface area contributed by atoms with Gasteiger partial charge in [-0.1, -0.05) is 13.8 Å². The molecule has 2 aliphatic rings. The molecule has 1 aromatic rings. The number of hydrogen-bond donors (Lipinski definition) is 0. The van der Waals surface area contributed by atoms with Gasteiger partial charge in [0.05, 0.1) is 0 Å². The fourth-order valence-electron chi connectivity index (χ4n) is 2.33. The summed E-state index contributed by atoms with van der Waals surface area (Å²) in [4.78, 5) is 0. The summed E-state index contributed by atoms with van der Waals surface area (Å²) >= 11 is 0.401. The first kappa shape index (κ1) is 16.2. The average molecular weight is 467 g/mol. The normalized spacial score (nSPS) is 24.1. The smallest absolute Gasteiger partial charge is 0.107 e. The summed E-state index contributed by atoms with van der Waals surface area (Å²) in [5, 5.41) is 2.81. The van der Waals surface area contributed by atoms with Crippen molar-refractivity contribution in [3.05, 3.63) is 46.4 Å². The van der Waals surface area contributed by atoms with Crippen LogP contribution < -0.4 is 31.6 Å². The van der Waals surface area contributed by atoms with Crippen molar-refractivity contribution in [2.24, 2.45) is 5.41 Å². The summed E-state index contributed by atoms with van der Waals surface area (Å²) in [5.41, 5.74) is 1.90. The third-order valence-corrected chi connectivity index (χ3v) is 6.41. The van der Waals surface area contributed by atoms with Crippen molar-refractivity contribution >= 4 is 36.1 Å². The standard InChI is InChI=1S/C14H14I.C2H6.HI/c1-14-9-12-5-3-2-4-11(12)8-13(14)6-7-15-10-14;1-2;/h2-6,8-9H,7,10H2,1H3;1-2H3;1H/q-1;;. The van der Waals surface area contributed by atoms with Gasteiger partial charge < -0.3 is 0 Å². The van der Waals surface area contributed by atoms with Gasteiger partial charge in [-0.3, -0.25) is 0 Å². The maximum Gasteiger partial charge on any atom is -0.107 e. The molecule has 18 heavy (non-hydrogen) atoms. The van der Waals surface area contributed by atoms with Crippen LogP contribution in [0.5, 0.6) is 0 Å². The number of benzene rings is 1. The fraction of sp³-hybridized carbons (Fsp3) is 0.375. The molecule has 0 spiro atoms. The van der Waals surface area contributed by atoms with Crippen LogP contribution in [0.2, 0.25) is 0 Å². The summed E-state index contributed by atoms with van der Waals surface area (Å²) in [6, 6.07) is 8.72. The Hall–Kier alpha value is 0.160. The Morgan fingerprint density at radius 2 is 1.78 bits per heavy atom. The first-order valence-corrected chi connectivity index (χ1v) is 9.37. The Morgan fingerprint density at radius 3 is 2.50 bits per heavy atom. The van der Waals surface area contributed by atoms with E-state index in [4.69, 9.17) is 0 Å². The molecule has 0 fully saturated rings. The van der Waals surface area contributed by atoms with Gasteiger partial charge in [0.1, 0.15) is 0 Å². The third-order valence-electron chi connectivity index (χ3n) is 3.22. The van der Waals surface area contributed by atoms with Crippen LogP contribution in [0.25, 0.3) is 12.2 Å². The van der Waals surface area contributed by atoms with Crippen molar-refractivity contribution in [3.8, 4) is 0 Å². The Kier molecular flexibility index (Phi) is 6.38. The van der Waals surface area contributed by atoms with E-state index in [2.05, 4.69) is 49.4 Å². The molecule has 1 atom stereocenters. The minimum atomic E-state index is 0. The summed E-state index contributed by atoms with van der Waals surface area (Å²) in [5.74, 6) is 0. The summed E-state index contributed by atoms with van der Waals surface area (Å²) < 4.78 is 2.76. The summed E-state index contributed by atoms with van der Waals surface area (Å²) in [7, 11) is 0. The van der Waals surface area contributed by atoms with Crippen molar-refractivity contribution in [1.82, 2.24) is 0 Å². The van der Waals surface area contributed by atoms with E-state index in [1.807, 2.05) is 13.8 Å². The molecule has 2 heteroatoms. The molecule has 3 rings (SSSR count). The minimum Gasteiger partial charge on any atom is -0.107 e. The van der Waals surface area contributed by atoms with Gasteiger partial charge in [0, 0.05) is 0 Å². The van der Waals surface area contributed by atoms with Gasteiger partial charge in [-0.05, 0) is 0 Å². The predicted octanol–water partition coefficient (Wildman–Crippen LogP) is -0.0593. The van der Waals surface area contributed by atoms with Gasteiger partial charge in [-0.15, -0.1) is 24.0 Å². The quantitative estimate of drug-likeness (QED) is 0.371. The Labute approximate surface area is 138 Å². The molecule has 0 saturated carbocycles. The van der Waals surface area contributed by atoms with E-state index in [1.165, 1.54) is 19.3 Å². The molecule has 100 valence electrons. The van der Waals surface area contributed by atoms with Crippen molar-refractivity contribution in [3.63, 3.8) is 0 Å². The number of allylic oxidation sites excluding steroid dienone is 2. The Morgan fingerprint density at radius 1 is 1.11 bits per heavy atom. The molecule has 1 unspecified atom stereocenters. The molecule has 0 N–H and O–H groups in total. The van der Waals surface area contributed by atoms with Crippen LogP contribution in [0, 0.1) is 5.41 Å². The van der Waals surface area contributed by atoms with E-state index in [1.54, 1.807) is 5.57 Å². The molecule has 0 aromatic heterocycles. The summed E-state index contributed by atoms with van der Waals surface area (Å²) in [6.07, 6.45) is 7.33. The zero-order valence-corrected chi connectivity index (χ0v) is 15.7. The Balaban J connectivity index is 0.000000516. The van der Waals surface area contributed by atoms with Crippen molar-refractivity contribution in [2.75, 3.05) is 8.86 Å². The van der Waals surface area contributed by atoms with Crippen LogP contribution in [0.3, 0.4) is 0 Å². The zero-order valence-electron chi connectivity index (χ0n) is 11.2. The maximum absolute atomic E-state index is 2.48. The molecular weight excluding hydrogens is 446 g/mol. The van der Waals surface area contributed by atoms with Gasteiger partial charge in [0.15, 0.2) is 0 Å². The second-order valence-corrected chi connectivity index (χ2v) is 7.19. The SMILES string of the molecule is CC.CC12C=c3ccccc3=CC1=CC[I-]C2.I. The second kappa shape index (κ2) is 7.08. The molecular formula is C16H21I2-. The van der Waals surface area contributed by atoms with Crippen molar-refractivity contribution < 1.29 is 21.2 Å². The molecule has 1 aliphatic heterocycles. The molecule has 0 nitrogen and oxygen atoms in total. The first-order valence-electron chi connectivity index (χ1n) is 6.32. The van der Waals surface area contributed by atoms with E-state index >= 15 is 0 Å². The number of fused-ring (bicyclic) bond motifs is 2.